The number of benzene rings is 1. The molecule has 0 bridgehead atoms. The number of fused-ring (bicyclic) bond motifs is 1. The maximum absolute atomic E-state index is 12.2. The lowest BCUT2D eigenvalue weighted by Crippen LogP contribution is -2.17. The molecule has 4 nitrogen and oxygen atoms in total. The standard InChI is InChI=1S/C16H14O4/c1-10(17)8-12(18)7-6-11-9-15(19)13-4-2-3-5-14(13)16(11)20/h2-5,9H,6-8H2,1H3. The molecule has 102 valence electrons. The van der Waals surface area contributed by atoms with E-state index in [0.717, 1.165) is 0 Å². The maximum atomic E-state index is 12.2. The number of ketones is 4. The van der Waals surface area contributed by atoms with Crippen LogP contribution in [-0.4, -0.2) is 23.1 Å². The second kappa shape index (κ2) is 5.74. The zero-order chi connectivity index (χ0) is 14.7. The summed E-state index contributed by atoms with van der Waals surface area (Å²) < 4.78 is 0. The van der Waals surface area contributed by atoms with Crippen LogP contribution in [0.25, 0.3) is 0 Å². The van der Waals surface area contributed by atoms with Crippen LogP contribution < -0.4 is 0 Å². The molecule has 0 aromatic heterocycles. The van der Waals surface area contributed by atoms with Crippen LogP contribution in [0.5, 0.6) is 0 Å². The van der Waals surface area contributed by atoms with Gasteiger partial charge in [0, 0.05) is 23.1 Å². The van der Waals surface area contributed by atoms with Crippen LogP contribution in [0.3, 0.4) is 0 Å². The van der Waals surface area contributed by atoms with E-state index in [4.69, 9.17) is 0 Å². The van der Waals surface area contributed by atoms with Crippen molar-refractivity contribution in [2.75, 3.05) is 0 Å². The fraction of sp³-hybridized carbons (Fsp3) is 0.250. The third-order valence-corrected chi connectivity index (χ3v) is 3.15. The van der Waals surface area contributed by atoms with E-state index in [2.05, 4.69) is 0 Å². The van der Waals surface area contributed by atoms with Gasteiger partial charge in [0.25, 0.3) is 0 Å². The Morgan fingerprint density at radius 2 is 1.70 bits per heavy atom. The van der Waals surface area contributed by atoms with E-state index >= 15 is 0 Å². The number of rotatable bonds is 5. The number of allylic oxidation sites excluding steroid dienone is 2. The Labute approximate surface area is 116 Å². The third kappa shape index (κ3) is 2.96. The molecule has 0 saturated carbocycles. The van der Waals surface area contributed by atoms with Crippen LogP contribution >= 0.6 is 0 Å². The minimum atomic E-state index is -0.214. The molecule has 0 N–H and O–H groups in total. The van der Waals surface area contributed by atoms with Gasteiger partial charge in [-0.3, -0.25) is 19.2 Å². The van der Waals surface area contributed by atoms with Crippen molar-refractivity contribution in [2.24, 2.45) is 0 Å². The lowest BCUT2D eigenvalue weighted by molar-refractivity contribution is -0.125. The van der Waals surface area contributed by atoms with Gasteiger partial charge in [-0.1, -0.05) is 24.3 Å². The van der Waals surface area contributed by atoms with Gasteiger partial charge in [0.15, 0.2) is 11.6 Å². The number of hydrogen-bond donors (Lipinski definition) is 0. The molecule has 0 radical (unpaired) electrons. The van der Waals surface area contributed by atoms with E-state index in [1.807, 2.05) is 0 Å². The smallest absolute Gasteiger partial charge is 0.189 e. The van der Waals surface area contributed by atoms with Crippen molar-refractivity contribution in [1.82, 2.24) is 0 Å². The molecule has 0 spiro atoms. The highest BCUT2D eigenvalue weighted by atomic mass is 16.2. The van der Waals surface area contributed by atoms with Gasteiger partial charge in [-0.25, -0.2) is 0 Å². The summed E-state index contributed by atoms with van der Waals surface area (Å²) in [6.07, 6.45) is 1.48. The Morgan fingerprint density at radius 3 is 2.35 bits per heavy atom. The van der Waals surface area contributed by atoms with Crippen LogP contribution in [0.15, 0.2) is 35.9 Å². The van der Waals surface area contributed by atoms with E-state index < -0.39 is 0 Å². The molecule has 1 aliphatic carbocycles. The second-order valence-corrected chi connectivity index (χ2v) is 4.83. The van der Waals surface area contributed by atoms with Gasteiger partial charge in [0.2, 0.25) is 0 Å². The predicted molar refractivity (Wildman–Crippen MR) is 72.7 cm³/mol. The summed E-state index contributed by atoms with van der Waals surface area (Å²) in [5, 5.41) is 0. The molecule has 0 amide bonds. The molecule has 4 heteroatoms. The molecular formula is C16H14O4. The zero-order valence-electron chi connectivity index (χ0n) is 11.1. The largest absolute Gasteiger partial charge is 0.300 e. The molecule has 0 fully saturated rings. The molecule has 1 aromatic carbocycles. The van der Waals surface area contributed by atoms with Crippen molar-refractivity contribution >= 4 is 23.1 Å². The maximum Gasteiger partial charge on any atom is 0.189 e. The first-order chi connectivity index (χ1) is 9.49. The Kier molecular flexibility index (Phi) is 4.03. The molecule has 0 aliphatic heterocycles. The summed E-state index contributed by atoms with van der Waals surface area (Å²) in [5.74, 6) is -0.831. The van der Waals surface area contributed by atoms with E-state index in [-0.39, 0.29) is 42.4 Å². The van der Waals surface area contributed by atoms with Crippen molar-refractivity contribution < 1.29 is 19.2 Å². The van der Waals surface area contributed by atoms with E-state index in [1.165, 1.54) is 13.0 Å². The number of carbonyl (C=O) groups is 4. The summed E-state index contributed by atoms with van der Waals surface area (Å²) >= 11 is 0. The Balaban J connectivity index is 2.11. The van der Waals surface area contributed by atoms with Crippen molar-refractivity contribution in [3.8, 4) is 0 Å². The molecule has 0 atom stereocenters. The average molecular weight is 270 g/mol. The van der Waals surface area contributed by atoms with Crippen LogP contribution in [0, 0.1) is 0 Å². The van der Waals surface area contributed by atoms with Crippen LogP contribution in [0.4, 0.5) is 0 Å². The number of Topliss-reactive ketones (excluding diaryl/α,β-unsaturated/α-hetero) is 3. The first kappa shape index (κ1) is 14.1. The average Bonchev–Trinajstić information content (AvgIpc) is 2.40. The van der Waals surface area contributed by atoms with Crippen molar-refractivity contribution in [1.29, 1.82) is 0 Å². The molecule has 0 heterocycles. The molecule has 0 unspecified atom stereocenters. The zero-order valence-corrected chi connectivity index (χ0v) is 11.1. The van der Waals surface area contributed by atoms with Gasteiger partial charge in [0.05, 0.1) is 6.42 Å². The van der Waals surface area contributed by atoms with Crippen molar-refractivity contribution in [2.45, 2.75) is 26.2 Å². The monoisotopic (exact) mass is 270 g/mol. The third-order valence-electron chi connectivity index (χ3n) is 3.15. The first-order valence-electron chi connectivity index (χ1n) is 6.39. The van der Waals surface area contributed by atoms with Gasteiger partial charge in [-0.15, -0.1) is 0 Å². The minimum Gasteiger partial charge on any atom is -0.300 e. The van der Waals surface area contributed by atoms with Gasteiger partial charge < -0.3 is 0 Å². The predicted octanol–water partition coefficient (Wildman–Crippen LogP) is 2.32. The van der Waals surface area contributed by atoms with Crippen LogP contribution in [0.1, 0.15) is 46.9 Å². The first-order valence-corrected chi connectivity index (χ1v) is 6.39. The van der Waals surface area contributed by atoms with Crippen LogP contribution in [-0.2, 0) is 9.59 Å². The summed E-state index contributed by atoms with van der Waals surface area (Å²) in [4.78, 5) is 46.4. The fourth-order valence-electron chi connectivity index (χ4n) is 2.20. The van der Waals surface area contributed by atoms with Crippen molar-refractivity contribution in [3.63, 3.8) is 0 Å². The lowest BCUT2D eigenvalue weighted by Gasteiger charge is -2.14. The summed E-state index contributed by atoms with van der Waals surface area (Å²) in [5.41, 5.74) is 1.12. The van der Waals surface area contributed by atoms with Gasteiger partial charge >= 0.3 is 0 Å². The lowest BCUT2D eigenvalue weighted by atomic mass is 9.87. The second-order valence-electron chi connectivity index (χ2n) is 4.83. The van der Waals surface area contributed by atoms with E-state index in [0.29, 0.717) is 16.7 Å². The van der Waals surface area contributed by atoms with Crippen molar-refractivity contribution in [3.05, 3.63) is 47.0 Å². The SMILES string of the molecule is CC(=O)CC(=O)CCC1=CC(=O)c2ccccc2C1=O. The Morgan fingerprint density at radius 1 is 1.05 bits per heavy atom. The van der Waals surface area contributed by atoms with Crippen LogP contribution in [0.2, 0.25) is 0 Å². The quantitative estimate of drug-likeness (QED) is 0.770. The molecular weight excluding hydrogens is 256 g/mol. The van der Waals surface area contributed by atoms with E-state index in [9.17, 15) is 19.2 Å². The highest BCUT2D eigenvalue weighted by Gasteiger charge is 2.25. The number of carbonyl (C=O) groups excluding carboxylic acids is 4. The highest BCUT2D eigenvalue weighted by Crippen LogP contribution is 2.23. The summed E-state index contributed by atoms with van der Waals surface area (Å²) in [7, 11) is 0. The minimum absolute atomic E-state index is 0.104. The summed E-state index contributed by atoms with van der Waals surface area (Å²) in [6.45, 7) is 1.35. The Hall–Kier alpha value is -2.36. The molecule has 2 rings (SSSR count). The van der Waals surface area contributed by atoms with E-state index in [1.54, 1.807) is 24.3 Å². The van der Waals surface area contributed by atoms with Gasteiger partial charge in [0.1, 0.15) is 11.6 Å². The van der Waals surface area contributed by atoms with Gasteiger partial charge in [-0.05, 0) is 19.4 Å². The molecule has 1 aliphatic rings. The molecule has 1 aromatic rings. The topological polar surface area (TPSA) is 68.3 Å². The summed E-state index contributed by atoms with van der Waals surface area (Å²) in [6, 6.07) is 6.64. The Bertz CT molecular complexity index is 638. The molecule has 0 saturated heterocycles. The highest BCUT2D eigenvalue weighted by molar-refractivity contribution is 6.24. The van der Waals surface area contributed by atoms with Gasteiger partial charge in [-0.2, -0.15) is 0 Å². The fourth-order valence-corrected chi connectivity index (χ4v) is 2.20. The molecule has 20 heavy (non-hydrogen) atoms. The number of hydrogen-bond acceptors (Lipinski definition) is 4. The normalized spacial score (nSPS) is 13.8.